The van der Waals surface area contributed by atoms with Crippen LogP contribution in [-0.2, 0) is 9.59 Å². The van der Waals surface area contributed by atoms with Crippen molar-refractivity contribution >= 4 is 23.3 Å². The zero-order valence-electron chi connectivity index (χ0n) is 17.4. The van der Waals surface area contributed by atoms with Gasteiger partial charge in [0.1, 0.15) is 17.3 Å². The molecule has 1 N–H and O–H groups in total. The second kappa shape index (κ2) is 8.10. The van der Waals surface area contributed by atoms with Gasteiger partial charge in [-0.1, -0.05) is 35.5 Å². The second-order valence-electron chi connectivity index (χ2n) is 7.57. The number of carbonyl (C=O) groups is 2. The lowest BCUT2D eigenvalue weighted by atomic mass is 9.95. The van der Waals surface area contributed by atoms with Crippen LogP contribution >= 0.6 is 0 Å². The van der Waals surface area contributed by atoms with Crippen LogP contribution in [0.5, 0.6) is 5.75 Å². The van der Waals surface area contributed by atoms with Crippen molar-refractivity contribution in [1.82, 2.24) is 5.16 Å². The van der Waals surface area contributed by atoms with Crippen LogP contribution in [-0.4, -0.2) is 28.1 Å². The molecule has 0 saturated carbocycles. The average molecular weight is 418 g/mol. The Morgan fingerprint density at radius 1 is 1.10 bits per heavy atom. The standard InChI is InChI=1S/C24H22N2O5/c1-14(2)30-18-11-9-17(10-12-18)22(27)20-21(16-7-5-4-6-8-16)26(24(29)23(20)28)19-13-15(3)31-25-19/h4-14,21,27H,1-3H3/b22-20-. The fourth-order valence-corrected chi connectivity index (χ4v) is 3.61. The fourth-order valence-electron chi connectivity index (χ4n) is 3.61. The maximum atomic E-state index is 13.0. The Kier molecular flexibility index (Phi) is 5.33. The summed E-state index contributed by atoms with van der Waals surface area (Å²) in [5.41, 5.74) is 1.07. The van der Waals surface area contributed by atoms with E-state index in [4.69, 9.17) is 9.26 Å². The van der Waals surface area contributed by atoms with E-state index in [-0.39, 0.29) is 23.3 Å². The number of aryl methyl sites for hydroxylation is 1. The minimum atomic E-state index is -0.836. The van der Waals surface area contributed by atoms with Crippen molar-refractivity contribution in [2.45, 2.75) is 32.9 Å². The van der Waals surface area contributed by atoms with E-state index in [0.717, 1.165) is 0 Å². The molecule has 7 nitrogen and oxygen atoms in total. The normalized spacial score (nSPS) is 18.1. The van der Waals surface area contributed by atoms with Gasteiger partial charge in [0.2, 0.25) is 0 Å². The highest BCUT2D eigenvalue weighted by Gasteiger charge is 2.48. The quantitative estimate of drug-likeness (QED) is 0.375. The third-order valence-electron chi connectivity index (χ3n) is 4.92. The first kappa shape index (κ1) is 20.4. The molecule has 158 valence electrons. The number of hydrogen-bond acceptors (Lipinski definition) is 6. The van der Waals surface area contributed by atoms with Crippen molar-refractivity contribution in [3.63, 3.8) is 0 Å². The number of aromatic nitrogens is 1. The van der Waals surface area contributed by atoms with Crippen LogP contribution in [0.2, 0.25) is 0 Å². The molecule has 1 aromatic heterocycles. The van der Waals surface area contributed by atoms with Crippen molar-refractivity contribution < 1.29 is 24.0 Å². The van der Waals surface area contributed by atoms with E-state index in [1.54, 1.807) is 49.4 Å². The molecule has 1 saturated heterocycles. The molecule has 4 rings (SSSR count). The predicted octanol–water partition coefficient (Wildman–Crippen LogP) is 4.40. The van der Waals surface area contributed by atoms with E-state index in [1.165, 1.54) is 4.90 Å². The summed E-state index contributed by atoms with van der Waals surface area (Å²) in [5.74, 6) is -0.452. The van der Waals surface area contributed by atoms with Gasteiger partial charge in [-0.25, -0.2) is 0 Å². The second-order valence-corrected chi connectivity index (χ2v) is 7.57. The number of Topliss-reactive ketones (excluding diaryl/α,β-unsaturated/α-hetero) is 1. The highest BCUT2D eigenvalue weighted by Crippen LogP contribution is 2.41. The van der Waals surface area contributed by atoms with Crippen molar-refractivity contribution in [3.05, 3.63) is 83.1 Å². The predicted molar refractivity (Wildman–Crippen MR) is 115 cm³/mol. The summed E-state index contributed by atoms with van der Waals surface area (Å²) in [6.45, 7) is 5.53. The third kappa shape index (κ3) is 3.82. The van der Waals surface area contributed by atoms with E-state index in [1.807, 2.05) is 32.0 Å². The smallest absolute Gasteiger partial charge is 0.301 e. The maximum absolute atomic E-state index is 13.0. The van der Waals surface area contributed by atoms with E-state index in [0.29, 0.717) is 22.6 Å². The van der Waals surface area contributed by atoms with E-state index in [9.17, 15) is 14.7 Å². The monoisotopic (exact) mass is 418 g/mol. The Hall–Kier alpha value is -3.87. The topological polar surface area (TPSA) is 92.9 Å². The van der Waals surface area contributed by atoms with Crippen LogP contribution in [0.25, 0.3) is 5.76 Å². The van der Waals surface area contributed by atoms with Gasteiger partial charge in [-0.3, -0.25) is 14.5 Å². The summed E-state index contributed by atoms with van der Waals surface area (Å²) in [6, 6.07) is 16.5. The number of hydrogen-bond donors (Lipinski definition) is 1. The largest absolute Gasteiger partial charge is 0.507 e. The van der Waals surface area contributed by atoms with E-state index >= 15 is 0 Å². The number of carbonyl (C=O) groups excluding carboxylic acids is 2. The van der Waals surface area contributed by atoms with Gasteiger partial charge >= 0.3 is 5.91 Å². The summed E-state index contributed by atoms with van der Waals surface area (Å²) >= 11 is 0. The number of aliphatic hydroxyl groups excluding tert-OH is 1. The van der Waals surface area contributed by atoms with Crippen LogP contribution < -0.4 is 9.64 Å². The minimum Gasteiger partial charge on any atom is -0.507 e. The van der Waals surface area contributed by atoms with Crippen LogP contribution in [0.1, 0.15) is 36.8 Å². The SMILES string of the molecule is Cc1cc(N2C(=O)C(=O)/C(=C(\O)c3ccc(OC(C)C)cc3)C2c2ccccc2)no1. The number of aliphatic hydroxyl groups is 1. The van der Waals surface area contributed by atoms with Crippen LogP contribution in [0.15, 0.2) is 70.8 Å². The molecule has 3 aromatic rings. The van der Waals surface area contributed by atoms with E-state index < -0.39 is 17.7 Å². The number of nitrogens with zero attached hydrogens (tertiary/aromatic N) is 2. The van der Waals surface area contributed by atoms with Crippen molar-refractivity contribution in [1.29, 1.82) is 0 Å². The van der Waals surface area contributed by atoms with Crippen molar-refractivity contribution in [2.75, 3.05) is 4.90 Å². The molecular weight excluding hydrogens is 396 g/mol. The molecule has 1 fully saturated rings. The molecule has 1 aliphatic rings. The average Bonchev–Trinajstić information content (AvgIpc) is 3.29. The number of ether oxygens (including phenoxy) is 1. The summed E-state index contributed by atoms with van der Waals surface area (Å²) in [4.78, 5) is 27.2. The van der Waals surface area contributed by atoms with Crippen LogP contribution in [0.4, 0.5) is 5.82 Å². The van der Waals surface area contributed by atoms with Gasteiger partial charge in [0.15, 0.2) is 5.82 Å². The highest BCUT2D eigenvalue weighted by atomic mass is 16.5. The zero-order chi connectivity index (χ0) is 22.1. The number of amides is 1. The molecule has 1 atom stereocenters. The van der Waals surface area contributed by atoms with Gasteiger partial charge < -0.3 is 14.4 Å². The highest BCUT2D eigenvalue weighted by molar-refractivity contribution is 6.51. The summed E-state index contributed by atoms with van der Waals surface area (Å²) < 4.78 is 10.8. The number of benzene rings is 2. The third-order valence-corrected chi connectivity index (χ3v) is 4.92. The van der Waals surface area contributed by atoms with E-state index in [2.05, 4.69) is 5.16 Å². The molecule has 2 aromatic carbocycles. The summed E-state index contributed by atoms with van der Waals surface area (Å²) in [5, 5.41) is 15.0. The van der Waals surface area contributed by atoms with Crippen LogP contribution in [0.3, 0.4) is 0 Å². The molecule has 1 aliphatic heterocycles. The van der Waals surface area contributed by atoms with Crippen molar-refractivity contribution in [2.24, 2.45) is 0 Å². The Bertz CT molecular complexity index is 1150. The molecule has 0 radical (unpaired) electrons. The first-order chi connectivity index (χ1) is 14.9. The zero-order valence-corrected chi connectivity index (χ0v) is 17.4. The fraction of sp³-hybridized carbons (Fsp3) is 0.208. The minimum absolute atomic E-state index is 0.00520. The first-order valence-electron chi connectivity index (χ1n) is 9.93. The van der Waals surface area contributed by atoms with Gasteiger partial charge in [0.05, 0.1) is 17.7 Å². The molecular formula is C24H22N2O5. The van der Waals surface area contributed by atoms with Gasteiger partial charge in [-0.2, -0.15) is 0 Å². The lowest BCUT2D eigenvalue weighted by Crippen LogP contribution is -2.29. The number of anilines is 1. The van der Waals surface area contributed by atoms with Gasteiger partial charge in [0, 0.05) is 11.6 Å². The molecule has 31 heavy (non-hydrogen) atoms. The Morgan fingerprint density at radius 3 is 2.35 bits per heavy atom. The number of ketones is 1. The lowest BCUT2D eigenvalue weighted by molar-refractivity contribution is -0.132. The van der Waals surface area contributed by atoms with Gasteiger partial charge in [-0.05, 0) is 50.6 Å². The van der Waals surface area contributed by atoms with Gasteiger partial charge in [0.25, 0.3) is 5.78 Å². The maximum Gasteiger partial charge on any atom is 0.301 e. The van der Waals surface area contributed by atoms with Crippen molar-refractivity contribution in [3.8, 4) is 5.75 Å². The van der Waals surface area contributed by atoms with Crippen LogP contribution in [0, 0.1) is 6.92 Å². The molecule has 2 heterocycles. The first-order valence-corrected chi connectivity index (χ1v) is 9.93. The molecule has 1 unspecified atom stereocenters. The lowest BCUT2D eigenvalue weighted by Gasteiger charge is -2.22. The number of rotatable bonds is 5. The molecule has 0 bridgehead atoms. The molecule has 7 heteroatoms. The van der Waals surface area contributed by atoms with Gasteiger partial charge in [-0.15, -0.1) is 0 Å². The summed E-state index contributed by atoms with van der Waals surface area (Å²) in [6.07, 6.45) is 0.00812. The molecule has 0 spiro atoms. The Balaban J connectivity index is 1.84. The Morgan fingerprint density at radius 2 is 1.77 bits per heavy atom. The molecule has 1 amide bonds. The molecule has 0 aliphatic carbocycles. The summed E-state index contributed by atoms with van der Waals surface area (Å²) in [7, 11) is 0. The Labute approximate surface area is 179 Å².